The number of aliphatic hydroxyl groups excluding tert-OH is 1. The summed E-state index contributed by atoms with van der Waals surface area (Å²) in [4.78, 5) is 4.23. The first kappa shape index (κ1) is 9.89. The molecule has 0 fully saturated rings. The van der Waals surface area contributed by atoms with Crippen LogP contribution in [0.3, 0.4) is 0 Å². The third kappa shape index (κ3) is 1.51. The number of hydrogen-bond donors (Lipinski definition) is 1. The van der Waals surface area contributed by atoms with Gasteiger partial charge in [0.15, 0.2) is 4.34 Å². The molecule has 0 spiro atoms. The SMILES string of the molecule is CSc1nc2ccc(CO)c(F)c2s1. The molecule has 1 aromatic carbocycles. The van der Waals surface area contributed by atoms with Crippen LogP contribution in [0.5, 0.6) is 0 Å². The van der Waals surface area contributed by atoms with Crippen molar-refractivity contribution in [3.63, 3.8) is 0 Å². The standard InChI is InChI=1S/C9H8FNOS2/c1-13-9-11-6-3-2-5(4-12)7(10)8(6)14-9/h2-3,12H,4H2,1H3. The molecular weight excluding hydrogens is 221 g/mol. The van der Waals surface area contributed by atoms with Crippen molar-refractivity contribution < 1.29 is 9.50 Å². The first-order valence-electron chi connectivity index (χ1n) is 3.99. The van der Waals surface area contributed by atoms with Gasteiger partial charge in [0.1, 0.15) is 5.82 Å². The van der Waals surface area contributed by atoms with Crippen molar-refractivity contribution in [2.75, 3.05) is 6.26 Å². The van der Waals surface area contributed by atoms with Crippen molar-refractivity contribution in [2.45, 2.75) is 10.9 Å². The predicted octanol–water partition coefficient (Wildman–Crippen LogP) is 2.65. The fourth-order valence-corrected chi connectivity index (χ4v) is 2.72. The molecule has 0 amide bonds. The molecule has 14 heavy (non-hydrogen) atoms. The molecule has 0 unspecified atom stereocenters. The minimum atomic E-state index is -0.345. The van der Waals surface area contributed by atoms with Gasteiger partial charge in [-0.3, -0.25) is 0 Å². The highest BCUT2D eigenvalue weighted by atomic mass is 32.2. The number of rotatable bonds is 2. The van der Waals surface area contributed by atoms with Gasteiger partial charge in [-0.15, -0.1) is 11.3 Å². The maximum atomic E-state index is 13.6. The van der Waals surface area contributed by atoms with Gasteiger partial charge < -0.3 is 5.11 Å². The Bertz CT molecular complexity index is 469. The van der Waals surface area contributed by atoms with Crippen LogP contribution in [0.4, 0.5) is 4.39 Å². The first-order chi connectivity index (χ1) is 6.76. The summed E-state index contributed by atoms with van der Waals surface area (Å²) in [5, 5.41) is 8.88. The second kappa shape index (κ2) is 3.84. The van der Waals surface area contributed by atoms with Gasteiger partial charge in [0.2, 0.25) is 0 Å². The van der Waals surface area contributed by atoms with E-state index in [1.54, 1.807) is 12.1 Å². The Kier molecular flexibility index (Phi) is 2.71. The van der Waals surface area contributed by atoms with Gasteiger partial charge in [-0.1, -0.05) is 17.8 Å². The van der Waals surface area contributed by atoms with Crippen LogP contribution in [-0.2, 0) is 6.61 Å². The van der Waals surface area contributed by atoms with Crippen molar-refractivity contribution in [3.05, 3.63) is 23.5 Å². The molecular formula is C9H8FNOS2. The third-order valence-corrected chi connectivity index (χ3v) is 3.95. The number of fused-ring (bicyclic) bond motifs is 1. The van der Waals surface area contributed by atoms with Gasteiger partial charge in [0, 0.05) is 5.56 Å². The summed E-state index contributed by atoms with van der Waals surface area (Å²) in [6, 6.07) is 3.31. The molecule has 0 saturated carbocycles. The smallest absolute Gasteiger partial charge is 0.150 e. The molecule has 2 rings (SSSR count). The zero-order chi connectivity index (χ0) is 10.1. The van der Waals surface area contributed by atoms with Crippen molar-refractivity contribution >= 4 is 33.3 Å². The highest BCUT2D eigenvalue weighted by Gasteiger charge is 2.11. The Labute approximate surface area is 88.8 Å². The summed E-state index contributed by atoms with van der Waals surface area (Å²) in [6.07, 6.45) is 1.91. The van der Waals surface area contributed by atoms with E-state index in [0.717, 1.165) is 4.34 Å². The number of thiazole rings is 1. The lowest BCUT2D eigenvalue weighted by Gasteiger charge is -1.97. The van der Waals surface area contributed by atoms with Gasteiger partial charge in [-0.05, 0) is 12.3 Å². The molecule has 5 heteroatoms. The molecule has 2 nitrogen and oxygen atoms in total. The van der Waals surface area contributed by atoms with E-state index in [1.165, 1.54) is 23.1 Å². The summed E-state index contributed by atoms with van der Waals surface area (Å²) in [6.45, 7) is -0.270. The molecule has 0 saturated heterocycles. The summed E-state index contributed by atoms with van der Waals surface area (Å²) < 4.78 is 15.0. The Hall–Kier alpha value is -0.650. The van der Waals surface area contributed by atoms with Crippen LogP contribution in [0.25, 0.3) is 10.2 Å². The summed E-state index contributed by atoms with van der Waals surface area (Å²) in [5.74, 6) is -0.345. The lowest BCUT2D eigenvalue weighted by atomic mass is 10.2. The first-order valence-corrected chi connectivity index (χ1v) is 6.03. The highest BCUT2D eigenvalue weighted by Crippen LogP contribution is 2.31. The third-order valence-electron chi connectivity index (χ3n) is 1.90. The molecule has 0 bridgehead atoms. The number of hydrogen-bond acceptors (Lipinski definition) is 4. The average molecular weight is 229 g/mol. The average Bonchev–Trinajstić information content (AvgIpc) is 2.62. The molecule has 74 valence electrons. The van der Waals surface area contributed by atoms with Crippen LogP contribution >= 0.6 is 23.1 Å². The number of nitrogens with zero attached hydrogens (tertiary/aromatic N) is 1. The topological polar surface area (TPSA) is 33.1 Å². The van der Waals surface area contributed by atoms with E-state index in [0.29, 0.717) is 15.8 Å². The maximum Gasteiger partial charge on any atom is 0.150 e. The van der Waals surface area contributed by atoms with E-state index in [4.69, 9.17) is 5.11 Å². The fourth-order valence-electron chi connectivity index (χ4n) is 1.19. The Morgan fingerprint density at radius 2 is 2.36 bits per heavy atom. The largest absolute Gasteiger partial charge is 0.392 e. The van der Waals surface area contributed by atoms with E-state index in [-0.39, 0.29) is 12.4 Å². The van der Waals surface area contributed by atoms with Crippen molar-refractivity contribution in [2.24, 2.45) is 0 Å². The van der Waals surface area contributed by atoms with Gasteiger partial charge in [-0.25, -0.2) is 9.37 Å². The van der Waals surface area contributed by atoms with E-state index >= 15 is 0 Å². The van der Waals surface area contributed by atoms with Gasteiger partial charge >= 0.3 is 0 Å². The van der Waals surface area contributed by atoms with Crippen LogP contribution < -0.4 is 0 Å². The van der Waals surface area contributed by atoms with Crippen molar-refractivity contribution in [1.82, 2.24) is 4.98 Å². The van der Waals surface area contributed by atoms with Crippen LogP contribution in [-0.4, -0.2) is 16.3 Å². The van der Waals surface area contributed by atoms with Crippen LogP contribution in [0.2, 0.25) is 0 Å². The van der Waals surface area contributed by atoms with E-state index in [9.17, 15) is 4.39 Å². The molecule has 2 aromatic rings. The maximum absolute atomic E-state index is 13.6. The molecule has 1 N–H and O–H groups in total. The summed E-state index contributed by atoms with van der Waals surface area (Å²) in [7, 11) is 0. The Morgan fingerprint density at radius 3 is 3.00 bits per heavy atom. The zero-order valence-corrected chi connectivity index (χ0v) is 9.08. The number of thioether (sulfide) groups is 1. The van der Waals surface area contributed by atoms with E-state index < -0.39 is 0 Å². The minimum absolute atomic E-state index is 0.270. The van der Waals surface area contributed by atoms with E-state index in [2.05, 4.69) is 4.98 Å². The molecule has 1 aromatic heterocycles. The van der Waals surface area contributed by atoms with Crippen LogP contribution in [0, 0.1) is 5.82 Å². The second-order valence-electron chi connectivity index (χ2n) is 2.73. The van der Waals surface area contributed by atoms with Gasteiger partial charge in [0.25, 0.3) is 0 Å². The zero-order valence-electron chi connectivity index (χ0n) is 7.45. The molecule has 0 aliphatic carbocycles. The van der Waals surface area contributed by atoms with Crippen molar-refractivity contribution in [3.8, 4) is 0 Å². The lowest BCUT2D eigenvalue weighted by Crippen LogP contribution is -1.88. The lowest BCUT2D eigenvalue weighted by molar-refractivity contribution is 0.276. The molecule has 0 aliphatic rings. The summed E-state index contributed by atoms with van der Waals surface area (Å²) >= 11 is 2.81. The van der Waals surface area contributed by atoms with Gasteiger partial charge in [0.05, 0.1) is 16.8 Å². The van der Waals surface area contributed by atoms with E-state index in [1.807, 2.05) is 6.26 Å². The number of halogens is 1. The highest BCUT2D eigenvalue weighted by molar-refractivity contribution is 8.00. The number of aromatic nitrogens is 1. The Morgan fingerprint density at radius 1 is 1.57 bits per heavy atom. The van der Waals surface area contributed by atoms with Crippen LogP contribution in [0.15, 0.2) is 16.5 Å². The quantitative estimate of drug-likeness (QED) is 0.804. The monoisotopic (exact) mass is 229 g/mol. The molecule has 0 radical (unpaired) electrons. The molecule has 1 heterocycles. The predicted molar refractivity (Wildman–Crippen MR) is 57.3 cm³/mol. The molecule has 0 aliphatic heterocycles. The van der Waals surface area contributed by atoms with Gasteiger partial charge in [-0.2, -0.15) is 0 Å². The number of aliphatic hydroxyl groups is 1. The van der Waals surface area contributed by atoms with Crippen molar-refractivity contribution in [1.29, 1.82) is 0 Å². The fraction of sp³-hybridized carbons (Fsp3) is 0.222. The van der Waals surface area contributed by atoms with Crippen LogP contribution in [0.1, 0.15) is 5.56 Å². The number of benzene rings is 1. The second-order valence-corrected chi connectivity index (χ2v) is 4.78. The molecule has 0 atom stereocenters. The minimum Gasteiger partial charge on any atom is -0.392 e. The summed E-state index contributed by atoms with van der Waals surface area (Å²) in [5.41, 5.74) is 0.989. The Balaban J connectivity index is 2.68. The normalized spacial score (nSPS) is 11.1.